The first-order chi connectivity index (χ1) is 11.4. The molecule has 2 aromatic carbocycles. The fourth-order valence-electron chi connectivity index (χ4n) is 2.66. The number of halogens is 4. The second-order valence-electron chi connectivity index (χ2n) is 5.24. The summed E-state index contributed by atoms with van der Waals surface area (Å²) in [6.45, 7) is 0.504. The molecule has 0 amide bonds. The van der Waals surface area contributed by atoms with Gasteiger partial charge in [0.05, 0.1) is 11.4 Å². The van der Waals surface area contributed by atoms with Gasteiger partial charge in [0, 0.05) is 18.7 Å². The van der Waals surface area contributed by atoms with Crippen molar-refractivity contribution >= 4 is 40.4 Å². The molecule has 0 saturated heterocycles. The third-order valence-electron chi connectivity index (χ3n) is 3.66. The van der Waals surface area contributed by atoms with Gasteiger partial charge in [-0.1, -0.05) is 12.1 Å². The van der Waals surface area contributed by atoms with Crippen LogP contribution in [0.4, 0.5) is 30.2 Å². The molecule has 138 valence electrons. The van der Waals surface area contributed by atoms with Crippen molar-refractivity contribution in [1.82, 2.24) is 0 Å². The van der Waals surface area contributed by atoms with Crippen molar-refractivity contribution in [2.24, 2.45) is 5.73 Å². The van der Waals surface area contributed by atoms with Gasteiger partial charge in [0.2, 0.25) is 0 Å². The van der Waals surface area contributed by atoms with Crippen LogP contribution in [-0.2, 0) is 0 Å². The fraction of sp³-hybridized carbons (Fsp3) is 0.200. The van der Waals surface area contributed by atoms with E-state index in [2.05, 4.69) is 0 Å². The lowest BCUT2D eigenvalue weighted by molar-refractivity contribution is 0.480. The molecule has 0 bridgehead atoms. The van der Waals surface area contributed by atoms with Crippen LogP contribution in [0.2, 0.25) is 0 Å². The largest absolute Gasteiger partial charge is 0.330 e. The first kappa shape index (κ1) is 19.7. The Kier molecular flexibility index (Phi) is 5.75. The molecule has 0 aliphatic carbocycles. The lowest BCUT2D eigenvalue weighted by Gasteiger charge is -2.43. The third-order valence-corrected chi connectivity index (χ3v) is 5.50. The Morgan fingerprint density at radius 2 is 1.56 bits per heavy atom. The molecule has 10 heteroatoms. The number of hydrogen-bond donors (Lipinski definition) is 3. The number of benzene rings is 2. The summed E-state index contributed by atoms with van der Waals surface area (Å²) >= 11 is 0. The summed E-state index contributed by atoms with van der Waals surface area (Å²) in [5, 5.41) is 0. The normalized spacial score (nSPS) is 16.4. The number of fused-ring (bicyclic) bond motifs is 1. The van der Waals surface area contributed by atoms with E-state index in [9.17, 15) is 22.3 Å². The van der Waals surface area contributed by atoms with Crippen LogP contribution in [0, 0.1) is 17.5 Å². The Balaban J connectivity index is 0.00000225. The molecule has 4 N–H and O–H groups in total. The highest BCUT2D eigenvalue weighted by atomic mass is 35.5. The van der Waals surface area contributed by atoms with Crippen LogP contribution in [0.3, 0.4) is 0 Å². The lowest BCUT2D eigenvalue weighted by Crippen LogP contribution is -2.33. The molecular formula is C15H17ClF3N3O2S. The number of nitrogens with two attached hydrogens (primary N) is 1. The van der Waals surface area contributed by atoms with E-state index in [1.165, 1.54) is 10.4 Å². The summed E-state index contributed by atoms with van der Waals surface area (Å²) in [4.78, 5) is 0. The van der Waals surface area contributed by atoms with Crippen molar-refractivity contribution in [3.8, 4) is 0 Å². The summed E-state index contributed by atoms with van der Waals surface area (Å²) in [6, 6.07) is 7.39. The van der Waals surface area contributed by atoms with E-state index in [0.717, 1.165) is 4.31 Å². The molecule has 1 aliphatic heterocycles. The first-order valence-corrected chi connectivity index (χ1v) is 8.64. The van der Waals surface area contributed by atoms with Crippen LogP contribution in [0.25, 0.3) is 0 Å². The predicted molar refractivity (Wildman–Crippen MR) is 96.0 cm³/mol. The molecule has 0 unspecified atom stereocenters. The van der Waals surface area contributed by atoms with Crippen molar-refractivity contribution in [3.05, 3.63) is 53.8 Å². The van der Waals surface area contributed by atoms with E-state index in [0.29, 0.717) is 30.8 Å². The molecule has 2 aromatic rings. The van der Waals surface area contributed by atoms with Crippen molar-refractivity contribution in [1.29, 1.82) is 0 Å². The molecule has 1 heterocycles. The van der Waals surface area contributed by atoms with E-state index in [1.807, 2.05) is 0 Å². The second kappa shape index (κ2) is 7.30. The maximum atomic E-state index is 14.2. The van der Waals surface area contributed by atoms with Crippen LogP contribution < -0.4 is 14.3 Å². The third kappa shape index (κ3) is 3.25. The lowest BCUT2D eigenvalue weighted by atomic mass is 10.2. The highest BCUT2D eigenvalue weighted by Gasteiger charge is 2.43. The Labute approximate surface area is 150 Å². The zero-order chi connectivity index (χ0) is 17.5. The topological polar surface area (TPSA) is 73.0 Å². The van der Waals surface area contributed by atoms with Gasteiger partial charge in [0.25, 0.3) is 0 Å². The predicted octanol–water partition coefficient (Wildman–Crippen LogP) is 4.41. The average molecular weight is 396 g/mol. The molecule has 1 aliphatic rings. The number of para-hydroxylation sites is 2. The zero-order valence-corrected chi connectivity index (χ0v) is 14.5. The molecule has 0 saturated carbocycles. The van der Waals surface area contributed by atoms with E-state index in [1.54, 1.807) is 18.2 Å². The minimum absolute atomic E-state index is 0. The number of hydrogen-bond acceptors (Lipinski definition) is 5. The van der Waals surface area contributed by atoms with E-state index in [-0.39, 0.29) is 24.6 Å². The van der Waals surface area contributed by atoms with E-state index < -0.39 is 34.1 Å². The molecule has 5 nitrogen and oxygen atoms in total. The number of nitrogens with zero attached hydrogens (tertiary/aromatic N) is 2. The standard InChI is InChI=1S/C15H16F3N3O2S.ClH/c16-10-8-11(17)15(12(18)9-10)21-14-5-2-1-4-13(14)20(7-3-6-19)24(21,22)23;/h1-2,4-5,8-9,22-23H,3,6-7,19H2;1H. The van der Waals surface area contributed by atoms with Gasteiger partial charge < -0.3 is 5.73 Å². The van der Waals surface area contributed by atoms with Gasteiger partial charge in [0.1, 0.15) is 11.5 Å². The molecule has 0 aromatic heterocycles. The minimum Gasteiger partial charge on any atom is -0.330 e. The first-order valence-electron chi connectivity index (χ1n) is 7.17. The quantitative estimate of drug-likeness (QED) is 0.715. The van der Waals surface area contributed by atoms with E-state index in [4.69, 9.17) is 5.73 Å². The van der Waals surface area contributed by atoms with Crippen LogP contribution in [0.5, 0.6) is 0 Å². The smallest absolute Gasteiger partial charge is 0.154 e. The zero-order valence-electron chi connectivity index (χ0n) is 12.9. The van der Waals surface area contributed by atoms with Crippen molar-refractivity contribution in [2.45, 2.75) is 6.42 Å². The Hall–Kier alpha value is -1.65. The fourth-order valence-corrected chi connectivity index (χ4v) is 4.49. The van der Waals surface area contributed by atoms with Crippen LogP contribution in [0.15, 0.2) is 36.4 Å². The van der Waals surface area contributed by atoms with Crippen LogP contribution in [-0.4, -0.2) is 22.2 Å². The van der Waals surface area contributed by atoms with Gasteiger partial charge in [-0.3, -0.25) is 13.4 Å². The molecule has 3 rings (SSSR count). The minimum atomic E-state index is -3.76. The summed E-state index contributed by atoms with van der Waals surface area (Å²) in [5.41, 5.74) is 5.39. The highest BCUT2D eigenvalue weighted by Crippen LogP contribution is 2.64. The highest BCUT2D eigenvalue weighted by molar-refractivity contribution is 8.27. The number of rotatable bonds is 4. The van der Waals surface area contributed by atoms with E-state index >= 15 is 0 Å². The van der Waals surface area contributed by atoms with Gasteiger partial charge in [-0.05, 0) is 36.1 Å². The number of anilines is 3. The SMILES string of the molecule is Cl.NCCCN1c2ccccc2N(c2c(F)cc(F)cc2F)S1(O)O. The van der Waals surface area contributed by atoms with Gasteiger partial charge in [0.15, 0.2) is 11.6 Å². The second-order valence-corrected chi connectivity index (χ2v) is 7.02. The van der Waals surface area contributed by atoms with Gasteiger partial charge in [-0.25, -0.2) is 17.5 Å². The van der Waals surface area contributed by atoms with Gasteiger partial charge in [-0.15, -0.1) is 12.4 Å². The summed E-state index contributed by atoms with van der Waals surface area (Å²) in [5.74, 6) is -3.52. The van der Waals surface area contributed by atoms with Crippen LogP contribution in [0.1, 0.15) is 6.42 Å². The van der Waals surface area contributed by atoms with Crippen molar-refractivity contribution in [3.63, 3.8) is 0 Å². The van der Waals surface area contributed by atoms with Gasteiger partial charge >= 0.3 is 0 Å². The Bertz CT molecular complexity index is 758. The molecule has 0 fully saturated rings. The maximum absolute atomic E-state index is 14.2. The Morgan fingerprint density at radius 3 is 2.12 bits per heavy atom. The summed E-state index contributed by atoms with van der Waals surface area (Å²) < 4.78 is 65.0. The molecule has 25 heavy (non-hydrogen) atoms. The monoisotopic (exact) mass is 395 g/mol. The molecule has 0 spiro atoms. The molecule has 0 atom stereocenters. The van der Waals surface area contributed by atoms with Crippen LogP contribution >= 0.6 is 23.4 Å². The summed E-state index contributed by atoms with van der Waals surface area (Å²) in [7, 11) is -3.76. The Morgan fingerprint density at radius 1 is 1.00 bits per heavy atom. The molecular weight excluding hydrogens is 379 g/mol. The average Bonchev–Trinajstić information content (AvgIpc) is 2.72. The van der Waals surface area contributed by atoms with Crippen molar-refractivity contribution < 1.29 is 22.3 Å². The van der Waals surface area contributed by atoms with Crippen molar-refractivity contribution in [2.75, 3.05) is 21.7 Å². The van der Waals surface area contributed by atoms with Gasteiger partial charge in [-0.2, -0.15) is 0 Å². The maximum Gasteiger partial charge on any atom is 0.154 e. The molecule has 0 radical (unpaired) electrons. The summed E-state index contributed by atoms with van der Waals surface area (Å²) in [6.07, 6.45) is 0.451.